The summed E-state index contributed by atoms with van der Waals surface area (Å²) in [6, 6.07) is 7.91. The first-order valence-electron chi connectivity index (χ1n) is 6.13. The Labute approximate surface area is 106 Å². The van der Waals surface area contributed by atoms with Crippen molar-refractivity contribution in [2.45, 2.75) is 19.8 Å². The van der Waals surface area contributed by atoms with Gasteiger partial charge in [0, 0.05) is 18.4 Å². The topological polar surface area (TPSA) is 65.4 Å². The number of aromatic amines is 1. The smallest absolute Gasteiger partial charge is 0.123 e. The lowest BCUT2D eigenvalue weighted by atomic mass is 10.2. The molecule has 0 radical (unpaired) electrons. The van der Waals surface area contributed by atoms with E-state index in [9.17, 15) is 0 Å². The van der Waals surface area contributed by atoms with E-state index in [2.05, 4.69) is 32.7 Å². The summed E-state index contributed by atoms with van der Waals surface area (Å²) in [6.45, 7) is 3.19. The third-order valence-electron chi connectivity index (χ3n) is 2.49. The number of benzene rings is 1. The van der Waals surface area contributed by atoms with E-state index in [0.29, 0.717) is 0 Å². The summed E-state index contributed by atoms with van der Waals surface area (Å²) in [5.41, 5.74) is 2.67. The molecular weight excluding hydrogens is 226 g/mol. The first-order chi connectivity index (χ1) is 8.88. The van der Waals surface area contributed by atoms with Gasteiger partial charge in [-0.25, -0.2) is 0 Å². The van der Waals surface area contributed by atoms with Gasteiger partial charge in [-0.05, 0) is 30.7 Å². The van der Waals surface area contributed by atoms with E-state index in [1.165, 1.54) is 12.8 Å². The monoisotopic (exact) mass is 243 g/mol. The molecule has 0 amide bonds. The quantitative estimate of drug-likeness (QED) is 0.594. The maximum Gasteiger partial charge on any atom is 0.123 e. The van der Waals surface area contributed by atoms with Crippen molar-refractivity contribution in [3.8, 4) is 0 Å². The van der Waals surface area contributed by atoms with Crippen LogP contribution in [0.15, 0.2) is 46.9 Å². The van der Waals surface area contributed by atoms with Crippen molar-refractivity contribution >= 4 is 17.1 Å². The standard InChI is InChI=1S/C13H17N5/c1-2-3-8-14-11-4-6-12(7-5-11)17-18-13-9-15-16-10-13/h4-7,9-10,14H,2-3,8H2,1H3,(H,15,16)/b18-17+. The van der Waals surface area contributed by atoms with E-state index in [1.54, 1.807) is 12.4 Å². The average Bonchev–Trinajstić information content (AvgIpc) is 2.91. The number of nitrogens with one attached hydrogen (secondary N) is 2. The van der Waals surface area contributed by atoms with Crippen LogP contribution in [0.25, 0.3) is 0 Å². The van der Waals surface area contributed by atoms with Crippen LogP contribution >= 0.6 is 0 Å². The number of aromatic nitrogens is 2. The molecule has 0 aliphatic rings. The first kappa shape index (κ1) is 12.3. The van der Waals surface area contributed by atoms with Crippen molar-refractivity contribution < 1.29 is 0 Å². The molecule has 0 saturated heterocycles. The van der Waals surface area contributed by atoms with Crippen molar-refractivity contribution in [1.29, 1.82) is 0 Å². The molecule has 0 fully saturated rings. The van der Waals surface area contributed by atoms with Gasteiger partial charge in [0.15, 0.2) is 0 Å². The Bertz CT molecular complexity index is 473. The van der Waals surface area contributed by atoms with Crippen LogP contribution in [0.4, 0.5) is 17.1 Å². The summed E-state index contributed by atoms with van der Waals surface area (Å²) >= 11 is 0. The number of H-pyrrole nitrogens is 1. The van der Waals surface area contributed by atoms with Crippen molar-refractivity contribution in [2.24, 2.45) is 10.2 Å². The molecule has 0 bridgehead atoms. The maximum atomic E-state index is 4.12. The first-order valence-corrected chi connectivity index (χ1v) is 6.13. The zero-order chi connectivity index (χ0) is 12.6. The number of rotatable bonds is 6. The molecule has 0 aliphatic heterocycles. The fraction of sp³-hybridized carbons (Fsp3) is 0.308. The Morgan fingerprint density at radius 2 is 1.94 bits per heavy atom. The van der Waals surface area contributed by atoms with E-state index >= 15 is 0 Å². The summed E-state index contributed by atoms with van der Waals surface area (Å²) in [6.07, 6.45) is 5.71. The second-order valence-electron chi connectivity index (χ2n) is 3.98. The summed E-state index contributed by atoms with van der Waals surface area (Å²) in [5.74, 6) is 0. The average molecular weight is 243 g/mol. The van der Waals surface area contributed by atoms with E-state index in [-0.39, 0.29) is 0 Å². The Kier molecular flexibility index (Phi) is 4.46. The summed E-state index contributed by atoms with van der Waals surface area (Å²) in [7, 11) is 0. The van der Waals surface area contributed by atoms with Crippen molar-refractivity contribution in [2.75, 3.05) is 11.9 Å². The van der Waals surface area contributed by atoms with Crippen molar-refractivity contribution in [3.63, 3.8) is 0 Å². The maximum absolute atomic E-state index is 4.12. The third kappa shape index (κ3) is 3.69. The predicted molar refractivity (Wildman–Crippen MR) is 72.6 cm³/mol. The lowest BCUT2D eigenvalue weighted by Gasteiger charge is -2.04. The van der Waals surface area contributed by atoms with E-state index < -0.39 is 0 Å². The number of nitrogens with zero attached hydrogens (tertiary/aromatic N) is 3. The summed E-state index contributed by atoms with van der Waals surface area (Å²) < 4.78 is 0. The zero-order valence-electron chi connectivity index (χ0n) is 10.4. The van der Waals surface area contributed by atoms with Gasteiger partial charge in [-0.15, -0.1) is 5.11 Å². The molecule has 94 valence electrons. The third-order valence-corrected chi connectivity index (χ3v) is 2.49. The Morgan fingerprint density at radius 3 is 2.61 bits per heavy atom. The highest BCUT2D eigenvalue weighted by Gasteiger charge is 1.93. The van der Waals surface area contributed by atoms with Gasteiger partial charge in [-0.3, -0.25) is 5.10 Å². The molecule has 0 unspecified atom stereocenters. The number of unbranched alkanes of at least 4 members (excludes halogenated alkanes) is 1. The lowest BCUT2D eigenvalue weighted by Crippen LogP contribution is -1.99. The predicted octanol–water partition coefficient (Wildman–Crippen LogP) is 4.04. The minimum Gasteiger partial charge on any atom is -0.385 e. The van der Waals surface area contributed by atoms with Gasteiger partial charge >= 0.3 is 0 Å². The molecule has 5 heteroatoms. The molecular formula is C13H17N5. The van der Waals surface area contributed by atoms with Gasteiger partial charge in [0.05, 0.1) is 11.9 Å². The van der Waals surface area contributed by atoms with Crippen LogP contribution in [0.3, 0.4) is 0 Å². The van der Waals surface area contributed by atoms with Crippen LogP contribution < -0.4 is 5.32 Å². The Morgan fingerprint density at radius 1 is 1.17 bits per heavy atom. The molecule has 18 heavy (non-hydrogen) atoms. The Balaban J connectivity index is 1.91. The summed E-state index contributed by atoms with van der Waals surface area (Å²) in [5, 5.41) is 18.0. The molecule has 0 saturated carbocycles. The van der Waals surface area contributed by atoms with Crippen LogP contribution in [0.5, 0.6) is 0 Å². The van der Waals surface area contributed by atoms with Gasteiger partial charge in [-0.1, -0.05) is 13.3 Å². The molecule has 1 heterocycles. The van der Waals surface area contributed by atoms with Crippen LogP contribution in [0.2, 0.25) is 0 Å². The van der Waals surface area contributed by atoms with Gasteiger partial charge in [0.2, 0.25) is 0 Å². The number of azo groups is 1. The molecule has 5 nitrogen and oxygen atoms in total. The largest absolute Gasteiger partial charge is 0.385 e. The van der Waals surface area contributed by atoms with Gasteiger partial charge < -0.3 is 5.32 Å². The number of hydrogen-bond acceptors (Lipinski definition) is 4. The van der Waals surface area contributed by atoms with Gasteiger partial charge in [0.1, 0.15) is 5.69 Å². The molecule has 1 aromatic carbocycles. The van der Waals surface area contributed by atoms with Crippen LogP contribution in [0, 0.1) is 0 Å². The van der Waals surface area contributed by atoms with Gasteiger partial charge in [-0.2, -0.15) is 10.2 Å². The number of hydrogen-bond donors (Lipinski definition) is 2. The van der Waals surface area contributed by atoms with Crippen LogP contribution in [-0.2, 0) is 0 Å². The van der Waals surface area contributed by atoms with Crippen molar-refractivity contribution in [1.82, 2.24) is 10.2 Å². The van der Waals surface area contributed by atoms with E-state index in [0.717, 1.165) is 23.6 Å². The second-order valence-corrected chi connectivity index (χ2v) is 3.98. The highest BCUT2D eigenvalue weighted by molar-refractivity contribution is 5.50. The highest BCUT2D eigenvalue weighted by atomic mass is 15.2. The Hall–Kier alpha value is -2.17. The highest BCUT2D eigenvalue weighted by Crippen LogP contribution is 2.19. The molecule has 0 aliphatic carbocycles. The summed E-state index contributed by atoms with van der Waals surface area (Å²) in [4.78, 5) is 0. The van der Waals surface area contributed by atoms with Gasteiger partial charge in [0.25, 0.3) is 0 Å². The van der Waals surface area contributed by atoms with E-state index in [1.807, 2.05) is 24.3 Å². The number of anilines is 1. The fourth-order valence-corrected chi connectivity index (χ4v) is 1.47. The van der Waals surface area contributed by atoms with Crippen LogP contribution in [-0.4, -0.2) is 16.7 Å². The minimum absolute atomic E-state index is 0.722. The molecule has 1 aromatic heterocycles. The second kappa shape index (κ2) is 6.54. The lowest BCUT2D eigenvalue weighted by molar-refractivity contribution is 0.834. The molecule has 2 aromatic rings. The zero-order valence-corrected chi connectivity index (χ0v) is 10.4. The normalized spacial score (nSPS) is 10.9. The SMILES string of the molecule is CCCCNc1ccc(/N=N/c2cn[nH]c2)cc1. The minimum atomic E-state index is 0.722. The van der Waals surface area contributed by atoms with Crippen LogP contribution in [0.1, 0.15) is 19.8 Å². The molecule has 0 atom stereocenters. The molecule has 0 spiro atoms. The van der Waals surface area contributed by atoms with E-state index in [4.69, 9.17) is 0 Å². The molecule has 2 rings (SSSR count). The molecule has 2 N–H and O–H groups in total. The van der Waals surface area contributed by atoms with Crippen molar-refractivity contribution in [3.05, 3.63) is 36.7 Å². The fourth-order valence-electron chi connectivity index (χ4n) is 1.47.